The molecule has 1 aromatic carbocycles. The Morgan fingerprint density at radius 2 is 1.92 bits per heavy atom. The van der Waals surface area contributed by atoms with Crippen molar-refractivity contribution in [3.8, 4) is 22.8 Å². The third-order valence-electron chi connectivity index (χ3n) is 6.76. The molecule has 2 aromatic heterocycles. The molecule has 6 rings (SSSR count). The summed E-state index contributed by atoms with van der Waals surface area (Å²) in [5.41, 5.74) is 4.35. The lowest BCUT2D eigenvalue weighted by molar-refractivity contribution is 0.0826. The highest BCUT2D eigenvalue weighted by Gasteiger charge is 2.42. The van der Waals surface area contributed by atoms with Gasteiger partial charge in [-0.25, -0.2) is 18.4 Å². The van der Waals surface area contributed by atoms with Crippen molar-refractivity contribution in [3.63, 3.8) is 0 Å². The summed E-state index contributed by atoms with van der Waals surface area (Å²) in [6, 6.07) is 9.09. The van der Waals surface area contributed by atoms with E-state index in [1.807, 2.05) is 19.1 Å². The molecular formula is C26H27N5O5S. The zero-order chi connectivity index (χ0) is 25.9. The number of benzene rings is 1. The van der Waals surface area contributed by atoms with Gasteiger partial charge in [-0.3, -0.25) is 9.10 Å². The second kappa shape index (κ2) is 8.62. The van der Waals surface area contributed by atoms with Crippen LogP contribution in [0.15, 0.2) is 42.7 Å². The van der Waals surface area contributed by atoms with Gasteiger partial charge in [0.25, 0.3) is 5.91 Å². The molecule has 0 spiro atoms. The van der Waals surface area contributed by atoms with Gasteiger partial charge in [-0.1, -0.05) is 0 Å². The van der Waals surface area contributed by atoms with Gasteiger partial charge >= 0.3 is 0 Å². The Labute approximate surface area is 215 Å². The molecule has 10 nitrogen and oxygen atoms in total. The molecule has 0 saturated heterocycles. The van der Waals surface area contributed by atoms with Gasteiger partial charge in [0.15, 0.2) is 0 Å². The van der Waals surface area contributed by atoms with Crippen molar-refractivity contribution < 1.29 is 22.7 Å². The minimum absolute atomic E-state index is 0.0879. The third-order valence-corrected chi connectivity index (χ3v) is 9.07. The van der Waals surface area contributed by atoms with E-state index >= 15 is 0 Å². The van der Waals surface area contributed by atoms with Crippen molar-refractivity contribution in [2.24, 2.45) is 0 Å². The summed E-state index contributed by atoms with van der Waals surface area (Å²) in [6.45, 7) is 2.49. The minimum atomic E-state index is -3.42. The van der Waals surface area contributed by atoms with E-state index in [0.717, 1.165) is 16.7 Å². The van der Waals surface area contributed by atoms with Crippen molar-refractivity contribution in [2.75, 3.05) is 36.9 Å². The van der Waals surface area contributed by atoms with Gasteiger partial charge in [0.05, 0.1) is 23.7 Å². The Hall–Kier alpha value is -3.86. The van der Waals surface area contributed by atoms with E-state index in [4.69, 9.17) is 9.47 Å². The van der Waals surface area contributed by atoms with Crippen LogP contribution >= 0.6 is 0 Å². The van der Waals surface area contributed by atoms with E-state index in [9.17, 15) is 13.2 Å². The first kappa shape index (κ1) is 23.5. The van der Waals surface area contributed by atoms with Gasteiger partial charge in [0, 0.05) is 42.5 Å². The summed E-state index contributed by atoms with van der Waals surface area (Å²) in [6.07, 6.45) is 4.50. The van der Waals surface area contributed by atoms with Crippen LogP contribution in [0.5, 0.6) is 11.6 Å². The third kappa shape index (κ3) is 4.12. The highest BCUT2D eigenvalue weighted by atomic mass is 32.2. The minimum Gasteiger partial charge on any atom is -0.485 e. The molecule has 1 N–H and O–H groups in total. The van der Waals surface area contributed by atoms with E-state index in [2.05, 4.69) is 15.3 Å². The van der Waals surface area contributed by atoms with E-state index in [1.54, 1.807) is 44.7 Å². The number of hydrogen-bond acceptors (Lipinski definition) is 8. The number of carbonyl (C=O) groups is 1. The van der Waals surface area contributed by atoms with Crippen molar-refractivity contribution in [1.82, 2.24) is 14.9 Å². The topological polar surface area (TPSA) is 114 Å². The van der Waals surface area contributed by atoms with Crippen LogP contribution in [0.1, 0.15) is 41.8 Å². The van der Waals surface area contributed by atoms with Crippen LogP contribution in [0.4, 0.5) is 17.2 Å². The summed E-state index contributed by atoms with van der Waals surface area (Å²) in [5, 5.41) is 2.93. The smallest absolute Gasteiger partial charge is 0.253 e. The molecular weight excluding hydrogens is 494 g/mol. The number of amides is 1. The number of ether oxygens (including phenoxy) is 2. The molecule has 192 valence electrons. The van der Waals surface area contributed by atoms with Crippen LogP contribution < -0.4 is 19.1 Å². The molecule has 37 heavy (non-hydrogen) atoms. The first-order valence-corrected chi connectivity index (χ1v) is 13.7. The Morgan fingerprint density at radius 3 is 2.68 bits per heavy atom. The number of sulfonamides is 1. The Kier molecular flexibility index (Phi) is 5.48. The fourth-order valence-corrected chi connectivity index (χ4v) is 6.52. The number of aromatic nitrogens is 2. The van der Waals surface area contributed by atoms with E-state index < -0.39 is 10.0 Å². The van der Waals surface area contributed by atoms with Crippen molar-refractivity contribution >= 4 is 33.1 Å². The van der Waals surface area contributed by atoms with Gasteiger partial charge < -0.3 is 19.7 Å². The fraction of sp³-hybridized carbons (Fsp3) is 0.346. The first-order valence-electron chi connectivity index (χ1n) is 12.2. The summed E-state index contributed by atoms with van der Waals surface area (Å²) < 4.78 is 39.1. The Bertz CT molecular complexity index is 1520. The van der Waals surface area contributed by atoms with E-state index in [1.165, 1.54) is 9.21 Å². The molecule has 1 atom stereocenters. The number of anilines is 3. The maximum Gasteiger partial charge on any atom is 0.253 e. The van der Waals surface area contributed by atoms with Gasteiger partial charge in [0.2, 0.25) is 15.9 Å². The standard InChI is InChI=1S/C26H27N5O5S/c1-15-20-12-24(27-14-21(20)19-7-4-16(10-23(19)36-15)26(32)30(2)3)29-17-11-22-25(28-13-17)35-9-8-31(22)37(33,34)18-5-6-18/h4,7,10-15,18H,5-6,8-9H2,1-3H3,(H,27,29). The molecule has 0 bridgehead atoms. The lowest BCUT2D eigenvalue weighted by Gasteiger charge is -2.30. The van der Waals surface area contributed by atoms with E-state index in [-0.39, 0.29) is 30.4 Å². The number of nitrogens with one attached hydrogen (secondary N) is 1. The van der Waals surface area contributed by atoms with Crippen LogP contribution in [0, 0.1) is 0 Å². The zero-order valence-corrected chi connectivity index (χ0v) is 21.6. The number of pyridine rings is 2. The van der Waals surface area contributed by atoms with Crippen LogP contribution in [0.2, 0.25) is 0 Å². The molecule has 4 heterocycles. The van der Waals surface area contributed by atoms with Crippen LogP contribution in [-0.2, 0) is 10.0 Å². The van der Waals surface area contributed by atoms with Crippen molar-refractivity contribution in [3.05, 3.63) is 53.9 Å². The fourth-order valence-electron chi connectivity index (χ4n) is 4.69. The second-order valence-electron chi connectivity index (χ2n) is 9.67. The average Bonchev–Trinajstić information content (AvgIpc) is 3.74. The molecule has 1 unspecified atom stereocenters. The number of nitrogens with zero attached hydrogens (tertiary/aromatic N) is 4. The van der Waals surface area contributed by atoms with Crippen molar-refractivity contribution in [2.45, 2.75) is 31.1 Å². The summed E-state index contributed by atoms with van der Waals surface area (Å²) >= 11 is 0. The molecule has 1 saturated carbocycles. The van der Waals surface area contributed by atoms with Crippen LogP contribution in [-0.4, -0.2) is 61.7 Å². The SMILES string of the molecule is CC1Oc2cc(C(=O)N(C)C)ccc2-c2cnc(Nc3cnc4c(c3)N(S(=O)(=O)C3CC3)CCO4)cc21. The lowest BCUT2D eigenvalue weighted by atomic mass is 9.94. The zero-order valence-electron chi connectivity index (χ0n) is 20.8. The highest BCUT2D eigenvalue weighted by Crippen LogP contribution is 2.44. The number of carbonyl (C=O) groups excluding carboxylic acids is 1. The number of fused-ring (bicyclic) bond motifs is 4. The molecule has 1 fully saturated rings. The second-order valence-corrected chi connectivity index (χ2v) is 11.8. The van der Waals surface area contributed by atoms with Gasteiger partial charge in [-0.15, -0.1) is 0 Å². The predicted molar refractivity (Wildman–Crippen MR) is 139 cm³/mol. The van der Waals surface area contributed by atoms with Crippen LogP contribution in [0.3, 0.4) is 0 Å². The Morgan fingerprint density at radius 1 is 1.11 bits per heavy atom. The molecule has 1 amide bonds. The summed E-state index contributed by atoms with van der Waals surface area (Å²) in [7, 11) is 0.00855. The maximum absolute atomic E-state index is 12.9. The summed E-state index contributed by atoms with van der Waals surface area (Å²) in [5.74, 6) is 1.44. The molecule has 0 radical (unpaired) electrons. The molecule has 2 aliphatic heterocycles. The first-order chi connectivity index (χ1) is 17.7. The maximum atomic E-state index is 12.9. The van der Waals surface area contributed by atoms with Gasteiger partial charge in [-0.05, 0) is 50.1 Å². The quantitative estimate of drug-likeness (QED) is 0.540. The number of rotatable bonds is 5. The van der Waals surface area contributed by atoms with Crippen LogP contribution in [0.25, 0.3) is 11.1 Å². The van der Waals surface area contributed by atoms with E-state index in [0.29, 0.717) is 47.2 Å². The number of hydrogen-bond donors (Lipinski definition) is 1. The molecule has 11 heteroatoms. The molecule has 3 aromatic rings. The predicted octanol–water partition coefficient (Wildman–Crippen LogP) is 3.73. The Balaban J connectivity index is 1.30. The van der Waals surface area contributed by atoms with Gasteiger partial charge in [-0.2, -0.15) is 0 Å². The van der Waals surface area contributed by atoms with Crippen molar-refractivity contribution in [1.29, 1.82) is 0 Å². The normalized spacial score (nSPS) is 18.0. The lowest BCUT2D eigenvalue weighted by Crippen LogP contribution is -2.40. The molecule has 3 aliphatic rings. The largest absolute Gasteiger partial charge is 0.485 e. The highest BCUT2D eigenvalue weighted by molar-refractivity contribution is 7.93. The molecule has 1 aliphatic carbocycles. The summed E-state index contributed by atoms with van der Waals surface area (Å²) in [4.78, 5) is 22.9. The average molecular weight is 522 g/mol. The monoisotopic (exact) mass is 521 g/mol. The van der Waals surface area contributed by atoms with Gasteiger partial charge in [0.1, 0.15) is 30.0 Å².